The van der Waals surface area contributed by atoms with Gasteiger partial charge < -0.3 is 9.64 Å². The van der Waals surface area contributed by atoms with Crippen LogP contribution in [0.2, 0.25) is 0 Å². The molecule has 0 aromatic heterocycles. The molecule has 1 aliphatic heterocycles. The van der Waals surface area contributed by atoms with Crippen molar-refractivity contribution in [3.63, 3.8) is 0 Å². The van der Waals surface area contributed by atoms with Gasteiger partial charge in [0.2, 0.25) is 0 Å². The molecule has 1 aromatic carbocycles. The third-order valence-electron chi connectivity index (χ3n) is 3.81. The van der Waals surface area contributed by atoms with E-state index in [2.05, 4.69) is 0 Å². The predicted octanol–water partition coefficient (Wildman–Crippen LogP) is 1.29. The quantitative estimate of drug-likeness (QED) is 0.833. The summed E-state index contributed by atoms with van der Waals surface area (Å²) in [5, 5.41) is 0. The van der Waals surface area contributed by atoms with Crippen LogP contribution in [-0.4, -0.2) is 51.0 Å². The van der Waals surface area contributed by atoms with Gasteiger partial charge in [-0.15, -0.1) is 0 Å². The summed E-state index contributed by atoms with van der Waals surface area (Å²) < 4.78 is 28.5. The number of nitrogens with zero attached hydrogens (tertiary/aromatic N) is 1. The monoisotopic (exact) mass is 325 g/mol. The molecule has 1 atom stereocenters. The Kier molecular flexibility index (Phi) is 4.55. The molecule has 1 aliphatic rings. The average molecular weight is 325 g/mol. The van der Waals surface area contributed by atoms with Crippen molar-refractivity contribution < 1.29 is 22.7 Å². The highest BCUT2D eigenvalue weighted by Crippen LogP contribution is 2.27. The maximum atomic E-state index is 12.7. The number of sulfone groups is 1. The topological polar surface area (TPSA) is 80.8 Å². The van der Waals surface area contributed by atoms with E-state index in [-0.39, 0.29) is 22.1 Å². The minimum absolute atomic E-state index is 0.0511. The number of carbonyl (C=O) groups is 2. The van der Waals surface area contributed by atoms with Gasteiger partial charge in [0, 0.05) is 12.8 Å². The Balaban J connectivity index is 2.46. The number of hydrogen-bond acceptors (Lipinski definition) is 5. The molecule has 0 N–H and O–H groups in total. The molecule has 0 radical (unpaired) electrons. The van der Waals surface area contributed by atoms with Crippen molar-refractivity contribution in [1.82, 2.24) is 4.90 Å². The highest BCUT2D eigenvalue weighted by atomic mass is 32.2. The number of ether oxygens (including phenoxy) is 1. The Labute approximate surface area is 130 Å². The molecule has 1 heterocycles. The van der Waals surface area contributed by atoms with Gasteiger partial charge >= 0.3 is 0 Å². The minimum Gasteiger partial charge on any atom is -0.496 e. The van der Waals surface area contributed by atoms with E-state index < -0.39 is 15.9 Å². The van der Waals surface area contributed by atoms with Crippen LogP contribution < -0.4 is 4.74 Å². The highest BCUT2D eigenvalue weighted by molar-refractivity contribution is 7.90. The molecule has 0 aliphatic carbocycles. The molecule has 22 heavy (non-hydrogen) atoms. The molecule has 6 nitrogen and oxygen atoms in total. The lowest BCUT2D eigenvalue weighted by Gasteiger charge is -2.23. The molecule has 120 valence electrons. The van der Waals surface area contributed by atoms with Crippen LogP contribution in [0, 0.1) is 0 Å². The number of likely N-dealkylation sites (tertiary alicyclic amines) is 1. The molecular weight excluding hydrogens is 306 g/mol. The Morgan fingerprint density at radius 3 is 2.55 bits per heavy atom. The Morgan fingerprint density at radius 1 is 1.32 bits per heavy atom. The zero-order valence-electron chi connectivity index (χ0n) is 12.8. The van der Waals surface area contributed by atoms with E-state index in [0.29, 0.717) is 18.7 Å². The number of methoxy groups -OCH3 is 1. The lowest BCUT2D eigenvalue weighted by Crippen LogP contribution is -2.39. The molecule has 0 spiro atoms. The van der Waals surface area contributed by atoms with Gasteiger partial charge in [-0.25, -0.2) is 8.42 Å². The Hall–Kier alpha value is -1.89. The highest BCUT2D eigenvalue weighted by Gasteiger charge is 2.33. The van der Waals surface area contributed by atoms with E-state index in [4.69, 9.17) is 4.74 Å². The number of Topliss-reactive ketones (excluding diaryl/α,β-unsaturated/α-hetero) is 1. The summed E-state index contributed by atoms with van der Waals surface area (Å²) in [6.45, 7) is 1.94. The van der Waals surface area contributed by atoms with Gasteiger partial charge in [-0.3, -0.25) is 9.59 Å². The SMILES string of the molecule is COc1ccc(S(C)(=O)=O)cc1C(=O)N1CCC[C@@H]1C(C)=O. The first-order valence-corrected chi connectivity index (χ1v) is 8.84. The molecule has 7 heteroatoms. The second kappa shape index (κ2) is 6.08. The number of benzene rings is 1. The lowest BCUT2D eigenvalue weighted by molar-refractivity contribution is -0.120. The maximum absolute atomic E-state index is 12.7. The predicted molar refractivity (Wildman–Crippen MR) is 80.8 cm³/mol. The number of rotatable bonds is 4. The van der Waals surface area contributed by atoms with Crippen molar-refractivity contribution in [2.45, 2.75) is 30.7 Å². The van der Waals surface area contributed by atoms with Crippen molar-refractivity contribution in [2.24, 2.45) is 0 Å². The van der Waals surface area contributed by atoms with Gasteiger partial charge in [0.15, 0.2) is 15.6 Å². The number of hydrogen-bond donors (Lipinski definition) is 0. The van der Waals surface area contributed by atoms with E-state index in [0.717, 1.165) is 12.7 Å². The maximum Gasteiger partial charge on any atom is 0.258 e. The standard InChI is InChI=1S/C15H19NO5S/c1-10(17)13-5-4-8-16(13)15(18)12-9-11(22(3,19)20)6-7-14(12)21-2/h6-7,9,13H,4-5,8H2,1-3H3/t13-/m1/s1. The molecule has 2 rings (SSSR count). The van der Waals surface area contributed by atoms with Gasteiger partial charge in [0.1, 0.15) is 5.75 Å². The summed E-state index contributed by atoms with van der Waals surface area (Å²) >= 11 is 0. The summed E-state index contributed by atoms with van der Waals surface area (Å²) in [4.78, 5) is 25.9. The van der Waals surface area contributed by atoms with Crippen LogP contribution in [-0.2, 0) is 14.6 Å². The normalized spacial score (nSPS) is 18.3. The molecule has 0 saturated carbocycles. The number of ketones is 1. The largest absolute Gasteiger partial charge is 0.496 e. The van der Waals surface area contributed by atoms with Crippen LogP contribution in [0.25, 0.3) is 0 Å². The van der Waals surface area contributed by atoms with Crippen molar-refractivity contribution in [2.75, 3.05) is 19.9 Å². The summed E-state index contributed by atoms with van der Waals surface area (Å²) in [6.07, 6.45) is 2.47. The first kappa shape index (κ1) is 16.5. The molecule has 0 bridgehead atoms. The summed E-state index contributed by atoms with van der Waals surface area (Å²) in [7, 11) is -2.02. The number of carbonyl (C=O) groups excluding carboxylic acids is 2. The van der Waals surface area contributed by atoms with E-state index in [1.165, 1.54) is 37.1 Å². The molecule has 1 saturated heterocycles. The second-order valence-corrected chi connectivity index (χ2v) is 7.42. The Bertz CT molecular complexity index is 711. The fraction of sp³-hybridized carbons (Fsp3) is 0.467. The molecular formula is C15H19NO5S. The summed E-state index contributed by atoms with van der Waals surface area (Å²) in [6, 6.07) is 3.73. The fourth-order valence-corrected chi connectivity index (χ4v) is 3.32. The summed E-state index contributed by atoms with van der Waals surface area (Å²) in [5.74, 6) is -0.143. The molecule has 1 amide bonds. The van der Waals surface area contributed by atoms with Gasteiger partial charge in [0.05, 0.1) is 23.6 Å². The zero-order valence-corrected chi connectivity index (χ0v) is 13.6. The molecule has 1 fully saturated rings. The van der Waals surface area contributed by atoms with Crippen LogP contribution >= 0.6 is 0 Å². The van der Waals surface area contributed by atoms with Gasteiger partial charge in [-0.2, -0.15) is 0 Å². The van der Waals surface area contributed by atoms with E-state index in [9.17, 15) is 18.0 Å². The van der Waals surface area contributed by atoms with Crippen LogP contribution in [0.4, 0.5) is 0 Å². The summed E-state index contributed by atoms with van der Waals surface area (Å²) in [5.41, 5.74) is 0.165. The Morgan fingerprint density at radius 2 is 2.00 bits per heavy atom. The molecule has 0 unspecified atom stereocenters. The fourth-order valence-electron chi connectivity index (χ4n) is 2.67. The average Bonchev–Trinajstić information content (AvgIpc) is 2.94. The minimum atomic E-state index is -3.43. The first-order chi connectivity index (χ1) is 10.3. The van der Waals surface area contributed by atoms with Crippen LogP contribution in [0.1, 0.15) is 30.1 Å². The second-order valence-electron chi connectivity index (χ2n) is 5.40. The van der Waals surface area contributed by atoms with Gasteiger partial charge in [-0.1, -0.05) is 0 Å². The lowest BCUT2D eigenvalue weighted by atomic mass is 10.1. The van der Waals surface area contributed by atoms with Crippen LogP contribution in [0.3, 0.4) is 0 Å². The van der Waals surface area contributed by atoms with E-state index in [1.54, 1.807) is 0 Å². The number of amides is 1. The van der Waals surface area contributed by atoms with Crippen molar-refractivity contribution in [3.8, 4) is 5.75 Å². The third-order valence-corrected chi connectivity index (χ3v) is 4.92. The van der Waals surface area contributed by atoms with Crippen molar-refractivity contribution >= 4 is 21.5 Å². The molecule has 1 aromatic rings. The van der Waals surface area contributed by atoms with Crippen molar-refractivity contribution in [3.05, 3.63) is 23.8 Å². The van der Waals surface area contributed by atoms with Gasteiger partial charge in [0.25, 0.3) is 5.91 Å². The van der Waals surface area contributed by atoms with E-state index in [1.807, 2.05) is 0 Å². The van der Waals surface area contributed by atoms with Crippen LogP contribution in [0.5, 0.6) is 5.75 Å². The smallest absolute Gasteiger partial charge is 0.258 e. The van der Waals surface area contributed by atoms with Crippen molar-refractivity contribution in [1.29, 1.82) is 0 Å². The van der Waals surface area contributed by atoms with Gasteiger partial charge in [-0.05, 0) is 38.0 Å². The first-order valence-electron chi connectivity index (χ1n) is 6.95. The van der Waals surface area contributed by atoms with E-state index >= 15 is 0 Å². The zero-order chi connectivity index (χ0) is 16.5. The third kappa shape index (κ3) is 3.14. The van der Waals surface area contributed by atoms with Crippen LogP contribution in [0.15, 0.2) is 23.1 Å².